The first kappa shape index (κ1) is 14.7. The number of anilines is 1. The molecule has 0 aliphatic rings. The van der Waals surface area contributed by atoms with Crippen molar-refractivity contribution in [3.63, 3.8) is 0 Å². The predicted octanol–water partition coefficient (Wildman–Crippen LogP) is 1.92. The second kappa shape index (κ2) is 6.27. The van der Waals surface area contributed by atoms with Crippen LogP contribution in [0.5, 0.6) is 0 Å². The molecule has 0 fully saturated rings. The molecule has 1 aromatic heterocycles. The number of carbonyl (C=O) groups excluding carboxylic acids is 1. The number of benzene rings is 2. The van der Waals surface area contributed by atoms with Gasteiger partial charge in [0.25, 0.3) is 5.91 Å². The van der Waals surface area contributed by atoms with Crippen molar-refractivity contribution in [2.75, 3.05) is 5.73 Å². The highest BCUT2D eigenvalue weighted by atomic mass is 19.1. The number of nitrogen functional groups attached to an aromatic ring is 1. The lowest BCUT2D eigenvalue weighted by Crippen LogP contribution is -2.24. The third-order valence-electron chi connectivity index (χ3n) is 3.29. The molecule has 1 amide bonds. The van der Waals surface area contributed by atoms with E-state index >= 15 is 0 Å². The van der Waals surface area contributed by atoms with E-state index < -0.39 is 5.91 Å². The Kier molecular flexibility index (Phi) is 4.01. The van der Waals surface area contributed by atoms with Crippen molar-refractivity contribution in [2.45, 2.75) is 6.54 Å². The van der Waals surface area contributed by atoms with E-state index in [-0.39, 0.29) is 17.3 Å². The topological polar surface area (TPSA) is 85.8 Å². The zero-order valence-electron chi connectivity index (χ0n) is 12.1. The van der Waals surface area contributed by atoms with Gasteiger partial charge in [0.2, 0.25) is 0 Å². The van der Waals surface area contributed by atoms with Crippen molar-refractivity contribution in [2.24, 2.45) is 0 Å². The van der Waals surface area contributed by atoms with Crippen molar-refractivity contribution < 1.29 is 9.18 Å². The minimum Gasteiger partial charge on any atom is -0.382 e. The summed E-state index contributed by atoms with van der Waals surface area (Å²) in [5, 5.41) is 10.4. The molecular weight excluding hydrogens is 297 g/mol. The smallest absolute Gasteiger partial charge is 0.275 e. The Morgan fingerprint density at radius 1 is 1.13 bits per heavy atom. The van der Waals surface area contributed by atoms with E-state index in [9.17, 15) is 9.18 Å². The highest BCUT2D eigenvalue weighted by Crippen LogP contribution is 2.15. The fraction of sp³-hybridized carbons (Fsp3) is 0.0625. The number of hydrogen-bond acceptors (Lipinski definition) is 4. The third kappa shape index (κ3) is 3.18. The van der Waals surface area contributed by atoms with Gasteiger partial charge in [0.1, 0.15) is 5.82 Å². The molecule has 0 saturated heterocycles. The number of nitrogens with one attached hydrogen (secondary N) is 1. The molecule has 1 heterocycles. The largest absolute Gasteiger partial charge is 0.382 e. The van der Waals surface area contributed by atoms with Crippen LogP contribution in [0.3, 0.4) is 0 Å². The number of nitrogens with two attached hydrogens (primary N) is 1. The lowest BCUT2D eigenvalue weighted by molar-refractivity contribution is 0.0947. The minimum absolute atomic E-state index is 0.0326. The summed E-state index contributed by atoms with van der Waals surface area (Å²) >= 11 is 0. The third-order valence-corrected chi connectivity index (χ3v) is 3.29. The Labute approximate surface area is 131 Å². The van der Waals surface area contributed by atoms with E-state index in [4.69, 9.17) is 5.73 Å². The van der Waals surface area contributed by atoms with Gasteiger partial charge in [0.15, 0.2) is 11.5 Å². The quantitative estimate of drug-likeness (QED) is 0.771. The summed E-state index contributed by atoms with van der Waals surface area (Å²) in [7, 11) is 0. The maximum Gasteiger partial charge on any atom is 0.275 e. The van der Waals surface area contributed by atoms with Crippen LogP contribution in [0.25, 0.3) is 5.69 Å². The van der Waals surface area contributed by atoms with E-state index in [2.05, 4.69) is 15.6 Å². The van der Waals surface area contributed by atoms with Gasteiger partial charge in [-0.1, -0.05) is 35.5 Å². The van der Waals surface area contributed by atoms with Crippen molar-refractivity contribution in [1.82, 2.24) is 20.3 Å². The first-order chi connectivity index (χ1) is 11.1. The lowest BCUT2D eigenvalue weighted by atomic mass is 10.2. The van der Waals surface area contributed by atoms with Crippen LogP contribution in [-0.4, -0.2) is 20.9 Å². The van der Waals surface area contributed by atoms with E-state index in [0.29, 0.717) is 12.2 Å². The van der Waals surface area contributed by atoms with Crippen LogP contribution in [-0.2, 0) is 6.54 Å². The van der Waals surface area contributed by atoms with Gasteiger partial charge < -0.3 is 11.1 Å². The van der Waals surface area contributed by atoms with E-state index in [0.717, 1.165) is 5.56 Å². The molecule has 0 aliphatic heterocycles. The van der Waals surface area contributed by atoms with Crippen LogP contribution in [0.4, 0.5) is 10.2 Å². The van der Waals surface area contributed by atoms with Crippen molar-refractivity contribution in [3.8, 4) is 5.69 Å². The van der Waals surface area contributed by atoms with Gasteiger partial charge in [0.05, 0.1) is 5.69 Å². The normalized spacial score (nSPS) is 10.5. The number of nitrogens with zero attached hydrogens (tertiary/aromatic N) is 3. The second-order valence-corrected chi connectivity index (χ2v) is 4.88. The number of halogens is 1. The molecule has 0 unspecified atom stereocenters. The molecule has 23 heavy (non-hydrogen) atoms. The highest BCUT2D eigenvalue weighted by molar-refractivity contribution is 5.96. The zero-order chi connectivity index (χ0) is 16.2. The minimum atomic E-state index is -0.417. The summed E-state index contributed by atoms with van der Waals surface area (Å²) in [4.78, 5) is 12.2. The van der Waals surface area contributed by atoms with Crippen molar-refractivity contribution in [3.05, 3.63) is 71.7 Å². The summed E-state index contributed by atoms with van der Waals surface area (Å²) in [6, 6.07) is 15.1. The molecule has 0 bridgehead atoms. The molecule has 116 valence electrons. The molecule has 6 nitrogen and oxygen atoms in total. The van der Waals surface area contributed by atoms with Gasteiger partial charge >= 0.3 is 0 Å². The van der Waals surface area contributed by atoms with Gasteiger partial charge in [-0.15, -0.1) is 5.10 Å². The van der Waals surface area contributed by atoms with E-state index in [1.807, 2.05) is 30.3 Å². The molecule has 3 N–H and O–H groups in total. The average molecular weight is 311 g/mol. The van der Waals surface area contributed by atoms with Crippen LogP contribution in [0.15, 0.2) is 54.6 Å². The standard InChI is InChI=1S/C16H14FN5O/c17-12-6-8-13(9-7-12)22-15(18)14(20-21-22)16(23)19-10-11-4-2-1-3-5-11/h1-9H,10,18H2,(H,19,23). The Morgan fingerprint density at radius 3 is 2.52 bits per heavy atom. The monoisotopic (exact) mass is 311 g/mol. The maximum absolute atomic E-state index is 13.0. The fourth-order valence-electron chi connectivity index (χ4n) is 2.09. The van der Waals surface area contributed by atoms with Gasteiger partial charge in [-0.25, -0.2) is 4.39 Å². The van der Waals surface area contributed by atoms with Gasteiger partial charge in [-0.3, -0.25) is 4.79 Å². The van der Waals surface area contributed by atoms with Gasteiger partial charge in [0, 0.05) is 6.54 Å². The molecule has 0 spiro atoms. The molecule has 0 aliphatic carbocycles. The van der Waals surface area contributed by atoms with Crippen LogP contribution in [0.2, 0.25) is 0 Å². The fourth-order valence-corrected chi connectivity index (χ4v) is 2.09. The van der Waals surface area contributed by atoms with E-state index in [1.165, 1.54) is 28.9 Å². The summed E-state index contributed by atoms with van der Waals surface area (Å²) < 4.78 is 14.2. The average Bonchev–Trinajstić information content (AvgIpc) is 2.96. The number of amides is 1. The predicted molar refractivity (Wildman–Crippen MR) is 83.3 cm³/mol. The van der Waals surface area contributed by atoms with Crippen molar-refractivity contribution in [1.29, 1.82) is 0 Å². The summed E-state index contributed by atoms with van der Waals surface area (Å²) in [5.74, 6) is -0.685. The number of aromatic nitrogens is 3. The summed E-state index contributed by atoms with van der Waals surface area (Å²) in [6.07, 6.45) is 0. The molecular formula is C16H14FN5O. The zero-order valence-corrected chi connectivity index (χ0v) is 12.1. The number of carbonyl (C=O) groups is 1. The first-order valence-corrected chi connectivity index (χ1v) is 6.94. The van der Waals surface area contributed by atoms with Crippen LogP contribution in [0.1, 0.15) is 16.1 Å². The Hall–Kier alpha value is -3.22. The Morgan fingerprint density at radius 2 is 1.83 bits per heavy atom. The highest BCUT2D eigenvalue weighted by Gasteiger charge is 2.18. The van der Waals surface area contributed by atoms with Crippen molar-refractivity contribution >= 4 is 11.7 Å². The molecule has 2 aromatic carbocycles. The Balaban J connectivity index is 1.76. The first-order valence-electron chi connectivity index (χ1n) is 6.94. The lowest BCUT2D eigenvalue weighted by Gasteiger charge is -2.05. The van der Waals surface area contributed by atoms with Crippen LogP contribution >= 0.6 is 0 Å². The Bertz CT molecular complexity index is 814. The SMILES string of the molecule is Nc1c(C(=O)NCc2ccccc2)nnn1-c1ccc(F)cc1. The molecule has 0 radical (unpaired) electrons. The summed E-state index contributed by atoms with van der Waals surface area (Å²) in [5.41, 5.74) is 7.45. The molecule has 0 atom stereocenters. The molecule has 7 heteroatoms. The molecule has 0 saturated carbocycles. The number of rotatable bonds is 4. The van der Waals surface area contributed by atoms with Crippen LogP contribution in [0, 0.1) is 5.82 Å². The molecule has 3 rings (SSSR count). The van der Waals surface area contributed by atoms with Gasteiger partial charge in [-0.2, -0.15) is 4.68 Å². The number of hydrogen-bond donors (Lipinski definition) is 2. The summed E-state index contributed by atoms with van der Waals surface area (Å²) in [6.45, 7) is 0.364. The van der Waals surface area contributed by atoms with Crippen LogP contribution < -0.4 is 11.1 Å². The molecule has 3 aromatic rings. The van der Waals surface area contributed by atoms with E-state index in [1.54, 1.807) is 0 Å². The second-order valence-electron chi connectivity index (χ2n) is 4.88. The van der Waals surface area contributed by atoms with Gasteiger partial charge in [-0.05, 0) is 29.8 Å². The maximum atomic E-state index is 13.0.